The van der Waals surface area contributed by atoms with Crippen molar-refractivity contribution in [2.75, 3.05) is 11.5 Å². The molecule has 0 spiro atoms. The quantitative estimate of drug-likeness (QED) is 0.378. The van der Waals surface area contributed by atoms with E-state index in [2.05, 4.69) is 48.5 Å². The molecule has 1 atom stereocenters. The zero-order chi connectivity index (χ0) is 19.3. The van der Waals surface area contributed by atoms with Crippen LogP contribution < -0.4 is 26.8 Å². The standard InChI is InChI=1S/C24H21N2OP/c25-19-5-11-22(12-6-19)27-21-9-1-17(2-10-21)18-3-13-23(14-4-18)28-24-15-7-20(26)8-16-24/h1-16,28H,25-26H2. The van der Waals surface area contributed by atoms with Crippen molar-refractivity contribution in [3.05, 3.63) is 97.1 Å². The lowest BCUT2D eigenvalue weighted by Gasteiger charge is -2.08. The lowest BCUT2D eigenvalue weighted by Crippen LogP contribution is -2.03. The number of ether oxygens (including phenoxy) is 1. The van der Waals surface area contributed by atoms with Crippen LogP contribution in [-0.2, 0) is 0 Å². The van der Waals surface area contributed by atoms with Gasteiger partial charge in [-0.1, -0.05) is 57.1 Å². The van der Waals surface area contributed by atoms with E-state index in [1.807, 2.05) is 48.5 Å². The van der Waals surface area contributed by atoms with Crippen LogP contribution >= 0.6 is 8.58 Å². The summed E-state index contributed by atoms with van der Waals surface area (Å²) in [5.41, 5.74) is 15.3. The maximum Gasteiger partial charge on any atom is 0.127 e. The van der Waals surface area contributed by atoms with Crippen LogP contribution in [-0.4, -0.2) is 0 Å². The van der Waals surface area contributed by atoms with E-state index in [-0.39, 0.29) is 0 Å². The summed E-state index contributed by atoms with van der Waals surface area (Å²) in [5, 5.41) is 2.59. The van der Waals surface area contributed by atoms with Gasteiger partial charge in [0.15, 0.2) is 0 Å². The SMILES string of the molecule is Nc1ccc(Oc2ccc(-c3ccc(Pc4ccc(N)cc4)cc3)cc2)cc1. The fourth-order valence-corrected chi connectivity index (χ4v) is 3.87. The summed E-state index contributed by atoms with van der Waals surface area (Å²) < 4.78 is 5.85. The minimum Gasteiger partial charge on any atom is -0.457 e. The Labute approximate surface area is 166 Å². The Morgan fingerprint density at radius 3 is 1.32 bits per heavy atom. The molecule has 0 heterocycles. The Balaban J connectivity index is 1.43. The highest BCUT2D eigenvalue weighted by atomic mass is 31.1. The summed E-state index contributed by atoms with van der Waals surface area (Å²) in [6.45, 7) is 0. The number of nitrogen functional groups attached to an aromatic ring is 2. The monoisotopic (exact) mass is 384 g/mol. The van der Waals surface area contributed by atoms with Crippen LogP contribution in [0.15, 0.2) is 97.1 Å². The van der Waals surface area contributed by atoms with Crippen molar-refractivity contribution in [3.8, 4) is 22.6 Å². The zero-order valence-corrected chi connectivity index (χ0v) is 16.3. The molecule has 0 saturated carbocycles. The molecule has 1 unspecified atom stereocenters. The molecular formula is C24H21N2OP. The molecular weight excluding hydrogens is 363 g/mol. The Bertz CT molecular complexity index is 953. The summed E-state index contributed by atoms with van der Waals surface area (Å²) in [5.74, 6) is 1.57. The largest absolute Gasteiger partial charge is 0.457 e. The number of nitrogens with two attached hydrogens (primary N) is 2. The summed E-state index contributed by atoms with van der Waals surface area (Å²) in [7, 11) is 0.624. The van der Waals surface area contributed by atoms with Crippen molar-refractivity contribution < 1.29 is 4.74 Å². The van der Waals surface area contributed by atoms with Crippen molar-refractivity contribution in [1.29, 1.82) is 0 Å². The highest BCUT2D eigenvalue weighted by Gasteiger charge is 2.02. The van der Waals surface area contributed by atoms with Crippen molar-refractivity contribution in [2.24, 2.45) is 0 Å². The predicted octanol–water partition coefficient (Wildman–Crippen LogP) is 4.94. The van der Waals surface area contributed by atoms with Crippen molar-refractivity contribution in [1.82, 2.24) is 0 Å². The van der Waals surface area contributed by atoms with E-state index in [0.29, 0.717) is 8.58 Å². The normalized spacial score (nSPS) is 11.0. The molecule has 0 aliphatic carbocycles. The molecule has 28 heavy (non-hydrogen) atoms. The molecule has 0 aromatic heterocycles. The Kier molecular flexibility index (Phi) is 5.27. The Morgan fingerprint density at radius 1 is 0.464 bits per heavy atom. The van der Waals surface area contributed by atoms with Crippen LogP contribution in [0.3, 0.4) is 0 Å². The van der Waals surface area contributed by atoms with E-state index in [9.17, 15) is 0 Å². The van der Waals surface area contributed by atoms with Gasteiger partial charge in [-0.3, -0.25) is 0 Å². The van der Waals surface area contributed by atoms with Gasteiger partial charge in [-0.25, -0.2) is 0 Å². The molecule has 4 aromatic rings. The average Bonchev–Trinajstić information content (AvgIpc) is 2.73. The van der Waals surface area contributed by atoms with Crippen molar-refractivity contribution in [3.63, 3.8) is 0 Å². The molecule has 3 nitrogen and oxygen atoms in total. The molecule has 0 fully saturated rings. The van der Waals surface area contributed by atoms with Gasteiger partial charge in [-0.2, -0.15) is 0 Å². The first-order valence-electron chi connectivity index (χ1n) is 9.02. The van der Waals surface area contributed by atoms with Crippen molar-refractivity contribution in [2.45, 2.75) is 0 Å². The highest BCUT2D eigenvalue weighted by Crippen LogP contribution is 2.26. The molecule has 0 amide bonds. The van der Waals surface area contributed by atoms with E-state index in [1.54, 1.807) is 0 Å². The van der Waals surface area contributed by atoms with Crippen LogP contribution in [0.1, 0.15) is 0 Å². The van der Waals surface area contributed by atoms with Crippen LogP contribution in [0, 0.1) is 0 Å². The average molecular weight is 384 g/mol. The summed E-state index contributed by atoms with van der Waals surface area (Å²) in [4.78, 5) is 0. The Hall–Kier alpha value is -3.29. The Morgan fingerprint density at radius 2 is 0.821 bits per heavy atom. The van der Waals surface area contributed by atoms with Gasteiger partial charge in [0.2, 0.25) is 0 Å². The molecule has 0 aliphatic heterocycles. The second kappa shape index (κ2) is 8.16. The minimum absolute atomic E-state index is 0.624. The van der Waals surface area contributed by atoms with Gasteiger partial charge in [0, 0.05) is 11.4 Å². The molecule has 4 aromatic carbocycles. The molecule has 4 rings (SSSR count). The van der Waals surface area contributed by atoms with E-state index in [4.69, 9.17) is 16.2 Å². The number of hydrogen-bond acceptors (Lipinski definition) is 3. The van der Waals surface area contributed by atoms with E-state index in [0.717, 1.165) is 28.4 Å². The predicted molar refractivity (Wildman–Crippen MR) is 121 cm³/mol. The number of hydrogen-bond donors (Lipinski definition) is 2. The summed E-state index contributed by atoms with van der Waals surface area (Å²) >= 11 is 0. The highest BCUT2D eigenvalue weighted by molar-refractivity contribution is 7.55. The molecule has 0 aliphatic rings. The summed E-state index contributed by atoms with van der Waals surface area (Å²) in [6.07, 6.45) is 0. The topological polar surface area (TPSA) is 61.3 Å². The van der Waals surface area contributed by atoms with Gasteiger partial charge in [-0.05, 0) is 70.3 Å². The molecule has 0 radical (unpaired) electrons. The first-order valence-corrected chi connectivity index (χ1v) is 10.0. The van der Waals surface area contributed by atoms with Gasteiger partial charge in [-0.15, -0.1) is 0 Å². The molecule has 4 N–H and O–H groups in total. The third kappa shape index (κ3) is 4.51. The lowest BCUT2D eigenvalue weighted by atomic mass is 10.1. The molecule has 138 valence electrons. The van der Waals surface area contributed by atoms with E-state index >= 15 is 0 Å². The van der Waals surface area contributed by atoms with Crippen LogP contribution in [0.2, 0.25) is 0 Å². The fraction of sp³-hybridized carbons (Fsp3) is 0. The first kappa shape index (κ1) is 18.1. The van der Waals surface area contributed by atoms with E-state index < -0.39 is 0 Å². The lowest BCUT2D eigenvalue weighted by molar-refractivity contribution is 0.483. The molecule has 0 saturated heterocycles. The van der Waals surface area contributed by atoms with Gasteiger partial charge < -0.3 is 16.2 Å². The fourth-order valence-electron chi connectivity index (χ4n) is 2.87. The molecule has 4 heteroatoms. The second-order valence-electron chi connectivity index (χ2n) is 6.52. The third-order valence-corrected chi connectivity index (χ3v) is 5.63. The van der Waals surface area contributed by atoms with Gasteiger partial charge in [0.25, 0.3) is 0 Å². The van der Waals surface area contributed by atoms with E-state index in [1.165, 1.54) is 16.2 Å². The first-order chi connectivity index (χ1) is 13.7. The van der Waals surface area contributed by atoms with Crippen molar-refractivity contribution >= 4 is 30.6 Å². The van der Waals surface area contributed by atoms with Gasteiger partial charge in [0.1, 0.15) is 11.5 Å². The smallest absolute Gasteiger partial charge is 0.127 e. The number of anilines is 2. The van der Waals surface area contributed by atoms with Gasteiger partial charge >= 0.3 is 0 Å². The third-order valence-electron chi connectivity index (χ3n) is 4.39. The van der Waals surface area contributed by atoms with Crippen LogP contribution in [0.25, 0.3) is 11.1 Å². The maximum atomic E-state index is 5.85. The second-order valence-corrected chi connectivity index (χ2v) is 7.92. The number of benzene rings is 4. The zero-order valence-electron chi connectivity index (χ0n) is 15.3. The summed E-state index contributed by atoms with van der Waals surface area (Å²) in [6, 6.07) is 32.3. The number of rotatable bonds is 5. The maximum absolute atomic E-state index is 5.85. The van der Waals surface area contributed by atoms with Gasteiger partial charge in [0.05, 0.1) is 0 Å². The van der Waals surface area contributed by atoms with Crippen LogP contribution in [0.5, 0.6) is 11.5 Å². The molecule has 0 bridgehead atoms. The van der Waals surface area contributed by atoms with Crippen LogP contribution in [0.4, 0.5) is 11.4 Å². The minimum atomic E-state index is 0.624.